The highest BCUT2D eigenvalue weighted by molar-refractivity contribution is 7.45. The van der Waals surface area contributed by atoms with Crippen molar-refractivity contribution in [1.29, 1.82) is 0 Å². The Balaban J connectivity index is 4.10. The molecule has 0 fully saturated rings. The fourth-order valence-corrected chi connectivity index (χ4v) is 7.87. The van der Waals surface area contributed by atoms with Gasteiger partial charge in [0.2, 0.25) is 0 Å². The third-order valence-corrected chi connectivity index (χ3v) is 11.9. The smallest absolute Gasteiger partial charge is 0.306 e. The van der Waals surface area contributed by atoms with Gasteiger partial charge in [0.15, 0.2) is 0 Å². The highest BCUT2D eigenvalue weighted by Crippen LogP contribution is 2.38. The lowest BCUT2D eigenvalue weighted by Crippen LogP contribution is -2.37. The van der Waals surface area contributed by atoms with Gasteiger partial charge in [0.25, 0.3) is 7.82 Å². The van der Waals surface area contributed by atoms with Crippen LogP contribution in [0.4, 0.5) is 0 Å². The number of hydrogen-bond acceptors (Lipinski definition) is 7. The molecular formula is C47H96NO7P. The van der Waals surface area contributed by atoms with Crippen LogP contribution in [-0.2, 0) is 27.9 Å². The Morgan fingerprint density at radius 2 is 0.821 bits per heavy atom. The van der Waals surface area contributed by atoms with Crippen LogP contribution in [0.15, 0.2) is 0 Å². The third-order valence-electron chi connectivity index (χ3n) is 10.9. The second-order valence-electron chi connectivity index (χ2n) is 17.8. The molecule has 336 valence electrons. The maximum Gasteiger partial charge on any atom is 0.306 e. The molecule has 0 N–H and O–H groups in total. The Morgan fingerprint density at radius 3 is 1.18 bits per heavy atom. The molecule has 8 nitrogen and oxygen atoms in total. The fourth-order valence-electron chi connectivity index (χ4n) is 7.14. The molecule has 0 radical (unpaired) electrons. The van der Waals surface area contributed by atoms with Crippen molar-refractivity contribution in [2.24, 2.45) is 0 Å². The predicted octanol–water partition coefficient (Wildman–Crippen LogP) is 13.8. The van der Waals surface area contributed by atoms with E-state index in [2.05, 4.69) is 13.8 Å². The Kier molecular flexibility index (Phi) is 40.9. The Morgan fingerprint density at radius 1 is 0.482 bits per heavy atom. The molecule has 0 aromatic heterocycles. The van der Waals surface area contributed by atoms with Gasteiger partial charge >= 0.3 is 5.97 Å². The number of likely N-dealkylation sites (N-methyl/N-ethyl adjacent to an activating group) is 1. The van der Waals surface area contributed by atoms with Crippen LogP contribution in [0.1, 0.15) is 239 Å². The molecule has 1 unspecified atom stereocenters. The van der Waals surface area contributed by atoms with Gasteiger partial charge in [-0.05, 0) is 12.8 Å². The molecule has 0 saturated carbocycles. The number of nitrogens with zero attached hydrogens (tertiary/aromatic N) is 1. The lowest BCUT2D eigenvalue weighted by Gasteiger charge is -2.28. The molecule has 0 bridgehead atoms. The van der Waals surface area contributed by atoms with Crippen LogP contribution in [0.3, 0.4) is 0 Å². The van der Waals surface area contributed by atoms with Gasteiger partial charge in [0.05, 0.1) is 34.4 Å². The number of esters is 1. The van der Waals surface area contributed by atoms with Crippen molar-refractivity contribution in [2.45, 2.75) is 245 Å². The van der Waals surface area contributed by atoms with E-state index >= 15 is 0 Å². The first-order valence-electron chi connectivity index (χ1n) is 24.3. The van der Waals surface area contributed by atoms with E-state index in [4.69, 9.17) is 18.5 Å². The van der Waals surface area contributed by atoms with Crippen molar-refractivity contribution < 1.29 is 37.3 Å². The SMILES string of the molecule is CCCCCCCCCCCCCCCCCCCCCCC(=O)O[C@H](COCCCCCCCCCCCCCCCC)COP(=O)([O-])OCC[N+](C)(C)C. The van der Waals surface area contributed by atoms with E-state index in [1.807, 2.05) is 21.1 Å². The van der Waals surface area contributed by atoms with Gasteiger partial charge in [-0.2, -0.15) is 0 Å². The van der Waals surface area contributed by atoms with Crippen molar-refractivity contribution in [3.8, 4) is 0 Å². The van der Waals surface area contributed by atoms with Gasteiger partial charge in [-0.3, -0.25) is 9.36 Å². The number of ether oxygens (including phenoxy) is 2. The zero-order valence-electron chi connectivity index (χ0n) is 38.1. The summed E-state index contributed by atoms with van der Waals surface area (Å²) in [5, 5.41) is 0. The molecule has 0 aromatic carbocycles. The lowest BCUT2D eigenvalue weighted by molar-refractivity contribution is -0.870. The number of phosphoric acid groups is 1. The van der Waals surface area contributed by atoms with Crippen LogP contribution >= 0.6 is 7.82 Å². The maximum absolute atomic E-state index is 12.7. The third kappa shape index (κ3) is 44.6. The van der Waals surface area contributed by atoms with Gasteiger partial charge in [0.1, 0.15) is 19.3 Å². The molecule has 0 heterocycles. The zero-order chi connectivity index (χ0) is 41.3. The van der Waals surface area contributed by atoms with E-state index < -0.39 is 13.9 Å². The number of rotatable bonds is 46. The molecule has 0 aliphatic heterocycles. The Bertz CT molecular complexity index is 868. The number of phosphoric ester groups is 1. The van der Waals surface area contributed by atoms with Crippen molar-refractivity contribution in [2.75, 3.05) is 54.1 Å². The highest BCUT2D eigenvalue weighted by Gasteiger charge is 2.20. The summed E-state index contributed by atoms with van der Waals surface area (Å²) in [7, 11) is 1.38. The summed E-state index contributed by atoms with van der Waals surface area (Å²) in [6, 6.07) is 0. The van der Waals surface area contributed by atoms with E-state index in [1.165, 1.54) is 186 Å². The van der Waals surface area contributed by atoms with Crippen molar-refractivity contribution in [3.05, 3.63) is 0 Å². The predicted molar refractivity (Wildman–Crippen MR) is 236 cm³/mol. The normalized spacial score (nSPS) is 13.6. The van der Waals surface area contributed by atoms with Crippen molar-refractivity contribution in [3.63, 3.8) is 0 Å². The van der Waals surface area contributed by atoms with E-state index in [0.29, 0.717) is 24.1 Å². The number of quaternary nitrogens is 1. The molecule has 0 spiro atoms. The summed E-state index contributed by atoms with van der Waals surface area (Å²) in [5.41, 5.74) is 0. The standard InChI is InChI=1S/C47H96NO7P/c1-6-8-10-12-14-16-18-20-22-23-24-25-26-27-28-30-32-34-36-38-40-47(49)55-46(45-54-56(50,51)53-43-41-48(3,4)5)44-52-42-39-37-35-33-31-29-21-19-17-15-13-11-9-7-2/h46H,6-45H2,1-5H3/t46-/m1/s1. The summed E-state index contributed by atoms with van der Waals surface area (Å²) < 4.78 is 34.7. The Hall–Kier alpha value is -0.500. The molecule has 0 aliphatic rings. The molecule has 9 heteroatoms. The van der Waals surface area contributed by atoms with Crippen LogP contribution < -0.4 is 4.89 Å². The molecule has 56 heavy (non-hydrogen) atoms. The van der Waals surface area contributed by atoms with Crippen LogP contribution in [0.25, 0.3) is 0 Å². The van der Waals surface area contributed by atoms with Crippen LogP contribution in [-0.4, -0.2) is 70.7 Å². The Labute approximate surface area is 348 Å². The quantitative estimate of drug-likeness (QED) is 0.0261. The number of unbranched alkanes of at least 4 members (excludes halogenated alkanes) is 32. The van der Waals surface area contributed by atoms with Crippen molar-refractivity contribution in [1.82, 2.24) is 0 Å². The van der Waals surface area contributed by atoms with Gasteiger partial charge in [-0.25, -0.2) is 0 Å². The van der Waals surface area contributed by atoms with Crippen molar-refractivity contribution >= 4 is 13.8 Å². The molecule has 0 amide bonds. The van der Waals surface area contributed by atoms with Gasteiger partial charge in [-0.1, -0.05) is 219 Å². The maximum atomic E-state index is 12.7. The second kappa shape index (κ2) is 41.2. The minimum Gasteiger partial charge on any atom is -0.756 e. The van der Waals surface area contributed by atoms with Crippen LogP contribution in [0, 0.1) is 0 Å². The summed E-state index contributed by atoms with van der Waals surface area (Å²) in [6.45, 7) is 5.48. The summed E-state index contributed by atoms with van der Waals surface area (Å²) in [6.07, 6.45) is 44.0. The first-order valence-corrected chi connectivity index (χ1v) is 25.7. The van der Waals surface area contributed by atoms with E-state index in [9.17, 15) is 14.3 Å². The average molecular weight is 818 g/mol. The summed E-state index contributed by atoms with van der Waals surface area (Å²) >= 11 is 0. The lowest BCUT2D eigenvalue weighted by atomic mass is 10.0. The molecule has 0 rings (SSSR count). The van der Waals surface area contributed by atoms with Crippen LogP contribution in [0.5, 0.6) is 0 Å². The topological polar surface area (TPSA) is 94.1 Å². The van der Waals surface area contributed by atoms with E-state index in [0.717, 1.165) is 32.1 Å². The molecule has 2 atom stereocenters. The average Bonchev–Trinajstić information content (AvgIpc) is 3.15. The molecule has 0 saturated heterocycles. The highest BCUT2D eigenvalue weighted by atomic mass is 31.2. The van der Waals surface area contributed by atoms with Gasteiger partial charge in [0, 0.05) is 13.0 Å². The summed E-state index contributed by atoms with van der Waals surface area (Å²) in [4.78, 5) is 25.1. The largest absolute Gasteiger partial charge is 0.756 e. The molecular weight excluding hydrogens is 721 g/mol. The molecule has 0 aromatic rings. The minimum atomic E-state index is -4.52. The fraction of sp³-hybridized carbons (Fsp3) is 0.979. The van der Waals surface area contributed by atoms with Gasteiger partial charge < -0.3 is 27.9 Å². The minimum absolute atomic E-state index is 0.0315. The number of hydrogen-bond donors (Lipinski definition) is 0. The monoisotopic (exact) mass is 818 g/mol. The van der Waals surface area contributed by atoms with E-state index in [1.54, 1.807) is 0 Å². The second-order valence-corrected chi connectivity index (χ2v) is 19.3. The number of carbonyl (C=O) groups excluding carboxylic acids is 1. The van der Waals surface area contributed by atoms with E-state index in [-0.39, 0.29) is 25.8 Å². The van der Waals surface area contributed by atoms with Gasteiger partial charge in [-0.15, -0.1) is 0 Å². The first kappa shape index (κ1) is 55.5. The number of carbonyl (C=O) groups is 1. The zero-order valence-corrected chi connectivity index (χ0v) is 39.0. The molecule has 0 aliphatic carbocycles. The van der Waals surface area contributed by atoms with Crippen LogP contribution in [0.2, 0.25) is 0 Å². The first-order chi connectivity index (χ1) is 27.1. The summed E-state index contributed by atoms with van der Waals surface area (Å²) in [5.74, 6) is -0.326.